The van der Waals surface area contributed by atoms with Crippen LogP contribution in [0.3, 0.4) is 0 Å². The highest BCUT2D eigenvalue weighted by Crippen LogP contribution is 2.30. The van der Waals surface area contributed by atoms with Gasteiger partial charge in [0.2, 0.25) is 10.0 Å². The van der Waals surface area contributed by atoms with Crippen molar-refractivity contribution in [2.45, 2.75) is 4.90 Å². The fourth-order valence-corrected chi connectivity index (χ4v) is 3.89. The molecule has 0 unspecified atom stereocenters. The molecule has 8 nitrogen and oxygen atoms in total. The fraction of sp³-hybridized carbons (Fsp3) is 0.462. The van der Waals surface area contributed by atoms with E-state index in [0.29, 0.717) is 18.8 Å². The Hall–Kier alpha value is -2.00. The first-order valence-corrected chi connectivity index (χ1v) is 8.15. The van der Waals surface area contributed by atoms with Crippen molar-refractivity contribution in [2.75, 3.05) is 40.4 Å². The molecular formula is C13H20N4O4S. The predicted molar refractivity (Wildman–Crippen MR) is 81.8 cm³/mol. The Bertz CT molecular complexity index is 654. The second-order valence-electron chi connectivity index (χ2n) is 4.79. The van der Waals surface area contributed by atoms with Crippen molar-refractivity contribution in [3.8, 4) is 11.5 Å². The van der Waals surface area contributed by atoms with Crippen LogP contribution in [0.1, 0.15) is 0 Å². The van der Waals surface area contributed by atoms with Crippen molar-refractivity contribution >= 4 is 16.0 Å². The molecule has 1 fully saturated rings. The van der Waals surface area contributed by atoms with Crippen LogP contribution in [-0.2, 0) is 10.0 Å². The first-order chi connectivity index (χ1) is 10.4. The van der Waals surface area contributed by atoms with Crippen molar-refractivity contribution in [2.24, 2.45) is 5.73 Å². The van der Waals surface area contributed by atoms with Crippen molar-refractivity contribution in [1.29, 1.82) is 5.41 Å². The molecule has 2 rings (SSSR count). The fourth-order valence-electron chi connectivity index (χ4n) is 2.29. The molecule has 3 N–H and O–H groups in total. The van der Waals surface area contributed by atoms with E-state index in [1.54, 1.807) is 17.0 Å². The molecule has 0 saturated carbocycles. The zero-order chi connectivity index (χ0) is 16.3. The van der Waals surface area contributed by atoms with Gasteiger partial charge in [-0.2, -0.15) is 4.31 Å². The van der Waals surface area contributed by atoms with Crippen molar-refractivity contribution in [3.05, 3.63) is 18.2 Å². The Balaban J connectivity index is 2.29. The number of guanidine groups is 1. The standard InChI is InChI=1S/C13H20N4O4S/c1-20-10-3-4-11(21-2)12(9-10)22(18,19)17-7-5-16(6-8-17)13(14)15/h3-4,9H,5-8H2,1-2H3,(H3,14,15). The molecular weight excluding hydrogens is 308 g/mol. The lowest BCUT2D eigenvalue weighted by Gasteiger charge is -2.34. The van der Waals surface area contributed by atoms with Gasteiger partial charge < -0.3 is 20.1 Å². The summed E-state index contributed by atoms with van der Waals surface area (Å²) in [6.45, 7) is 1.31. The average Bonchev–Trinajstić information content (AvgIpc) is 2.54. The minimum atomic E-state index is -3.70. The summed E-state index contributed by atoms with van der Waals surface area (Å²) in [6.07, 6.45) is 0. The summed E-state index contributed by atoms with van der Waals surface area (Å²) in [4.78, 5) is 1.71. The van der Waals surface area contributed by atoms with E-state index < -0.39 is 10.0 Å². The van der Waals surface area contributed by atoms with Crippen LogP contribution in [0, 0.1) is 5.41 Å². The minimum absolute atomic E-state index is 0.0454. The van der Waals surface area contributed by atoms with Gasteiger partial charge in [-0.05, 0) is 12.1 Å². The maximum absolute atomic E-state index is 12.8. The van der Waals surface area contributed by atoms with Gasteiger partial charge in [0.1, 0.15) is 16.4 Å². The molecule has 0 spiro atoms. The van der Waals surface area contributed by atoms with Crippen LogP contribution in [0.5, 0.6) is 11.5 Å². The molecule has 1 heterocycles. The Kier molecular flexibility index (Phi) is 4.77. The van der Waals surface area contributed by atoms with Crippen molar-refractivity contribution < 1.29 is 17.9 Å². The molecule has 1 aromatic carbocycles. The van der Waals surface area contributed by atoms with Crippen molar-refractivity contribution in [1.82, 2.24) is 9.21 Å². The van der Waals surface area contributed by atoms with E-state index in [2.05, 4.69) is 0 Å². The first kappa shape index (κ1) is 16.4. The van der Waals surface area contributed by atoms with E-state index in [-0.39, 0.29) is 29.7 Å². The van der Waals surface area contributed by atoms with E-state index >= 15 is 0 Å². The zero-order valence-corrected chi connectivity index (χ0v) is 13.4. The molecule has 9 heteroatoms. The van der Waals surface area contributed by atoms with Crippen LogP contribution in [-0.4, -0.2) is 64.0 Å². The summed E-state index contributed by atoms with van der Waals surface area (Å²) in [5.41, 5.74) is 5.42. The maximum atomic E-state index is 12.8. The van der Waals surface area contributed by atoms with Gasteiger partial charge in [-0.25, -0.2) is 8.42 Å². The molecule has 0 amide bonds. The number of nitrogens with two attached hydrogens (primary N) is 1. The molecule has 1 aliphatic rings. The Labute approximate surface area is 130 Å². The maximum Gasteiger partial charge on any atom is 0.247 e. The number of sulfonamides is 1. The molecule has 0 aliphatic carbocycles. The monoisotopic (exact) mass is 328 g/mol. The van der Waals surface area contributed by atoms with Crippen LogP contribution >= 0.6 is 0 Å². The quantitative estimate of drug-likeness (QED) is 0.590. The first-order valence-electron chi connectivity index (χ1n) is 6.71. The van der Waals surface area contributed by atoms with Gasteiger partial charge in [0.15, 0.2) is 5.96 Å². The SMILES string of the molecule is COc1ccc(OC)c(S(=O)(=O)N2CCN(C(=N)N)CC2)c1. The zero-order valence-electron chi connectivity index (χ0n) is 12.6. The van der Waals surface area contributed by atoms with Crippen LogP contribution in [0.4, 0.5) is 0 Å². The Morgan fingerprint density at radius 3 is 2.32 bits per heavy atom. The molecule has 0 bridgehead atoms. The van der Waals surface area contributed by atoms with E-state index in [1.807, 2.05) is 0 Å². The van der Waals surface area contributed by atoms with E-state index in [1.165, 1.54) is 24.6 Å². The Morgan fingerprint density at radius 1 is 1.18 bits per heavy atom. The summed E-state index contributed by atoms with van der Waals surface area (Å²) in [7, 11) is -0.795. The largest absolute Gasteiger partial charge is 0.497 e. The summed E-state index contributed by atoms with van der Waals surface area (Å²) in [6, 6.07) is 4.66. The lowest BCUT2D eigenvalue weighted by Crippen LogP contribution is -2.52. The third kappa shape index (κ3) is 3.09. The predicted octanol–water partition coefficient (Wildman–Crippen LogP) is -0.0964. The third-order valence-electron chi connectivity index (χ3n) is 3.57. The summed E-state index contributed by atoms with van der Waals surface area (Å²) in [5.74, 6) is 0.674. The number of nitrogens with one attached hydrogen (secondary N) is 1. The lowest BCUT2D eigenvalue weighted by atomic mass is 10.3. The number of rotatable bonds is 4. The molecule has 0 aromatic heterocycles. The molecule has 0 atom stereocenters. The van der Waals surface area contributed by atoms with Crippen LogP contribution in [0.15, 0.2) is 23.1 Å². The number of benzene rings is 1. The van der Waals surface area contributed by atoms with E-state index in [4.69, 9.17) is 20.6 Å². The number of piperazine rings is 1. The van der Waals surface area contributed by atoms with E-state index in [9.17, 15) is 8.42 Å². The minimum Gasteiger partial charge on any atom is -0.497 e. The Morgan fingerprint density at radius 2 is 1.82 bits per heavy atom. The molecule has 1 saturated heterocycles. The molecule has 122 valence electrons. The summed E-state index contributed by atoms with van der Waals surface area (Å²) < 4.78 is 37.2. The average molecular weight is 328 g/mol. The van der Waals surface area contributed by atoms with Crippen molar-refractivity contribution in [3.63, 3.8) is 0 Å². The van der Waals surface area contributed by atoms with E-state index in [0.717, 1.165) is 0 Å². The highest BCUT2D eigenvalue weighted by Gasteiger charge is 2.31. The van der Waals surface area contributed by atoms with Gasteiger partial charge in [-0.15, -0.1) is 0 Å². The summed E-state index contributed by atoms with van der Waals surface area (Å²) in [5, 5.41) is 7.39. The smallest absolute Gasteiger partial charge is 0.247 e. The van der Waals surface area contributed by atoms with Gasteiger partial charge in [-0.3, -0.25) is 5.41 Å². The third-order valence-corrected chi connectivity index (χ3v) is 5.49. The van der Waals surface area contributed by atoms with Crippen LogP contribution < -0.4 is 15.2 Å². The number of ether oxygens (including phenoxy) is 2. The molecule has 0 radical (unpaired) electrons. The van der Waals surface area contributed by atoms with Gasteiger partial charge in [0.05, 0.1) is 14.2 Å². The molecule has 22 heavy (non-hydrogen) atoms. The molecule has 1 aromatic rings. The van der Waals surface area contributed by atoms with Gasteiger partial charge >= 0.3 is 0 Å². The van der Waals surface area contributed by atoms with Gasteiger partial charge in [0.25, 0.3) is 0 Å². The topological polar surface area (TPSA) is 109 Å². The highest BCUT2D eigenvalue weighted by molar-refractivity contribution is 7.89. The lowest BCUT2D eigenvalue weighted by molar-refractivity contribution is 0.262. The second kappa shape index (κ2) is 6.41. The van der Waals surface area contributed by atoms with Gasteiger partial charge in [-0.1, -0.05) is 0 Å². The second-order valence-corrected chi connectivity index (χ2v) is 6.70. The summed E-state index contributed by atoms with van der Waals surface area (Å²) >= 11 is 0. The van der Waals surface area contributed by atoms with Crippen LogP contribution in [0.25, 0.3) is 0 Å². The molecule has 1 aliphatic heterocycles. The number of hydrogen-bond acceptors (Lipinski definition) is 5. The normalized spacial score (nSPS) is 16.4. The highest BCUT2D eigenvalue weighted by atomic mass is 32.2. The number of nitrogens with zero attached hydrogens (tertiary/aromatic N) is 2. The number of hydrogen-bond donors (Lipinski definition) is 2. The van der Waals surface area contributed by atoms with Crippen LogP contribution in [0.2, 0.25) is 0 Å². The number of methoxy groups -OCH3 is 2. The van der Waals surface area contributed by atoms with Gasteiger partial charge in [0, 0.05) is 32.2 Å².